The maximum absolute atomic E-state index is 15.2. The van der Waals surface area contributed by atoms with Crippen molar-refractivity contribution in [1.82, 2.24) is 55.7 Å². The van der Waals surface area contributed by atoms with Crippen LogP contribution in [-0.2, 0) is 57.4 Å². The fourth-order valence-corrected chi connectivity index (χ4v) is 12.3. The van der Waals surface area contributed by atoms with Crippen molar-refractivity contribution in [2.75, 3.05) is 60.1 Å². The lowest BCUT2D eigenvalue weighted by atomic mass is 9.98. The number of likely N-dealkylation sites (N-methyl/N-ethyl adjacent to an activating group) is 4. The zero-order valence-corrected chi connectivity index (χ0v) is 54.1. The molecule has 6 N–H and O–H groups in total. The second-order valence-electron chi connectivity index (χ2n) is 25.5. The number of cyclic esters (lactones) is 2. The number of nitrogens with zero attached hydrogens (tertiary/aromatic N) is 7. The molecule has 490 valence electrons. The van der Waals surface area contributed by atoms with Crippen molar-refractivity contribution < 1.29 is 71.4 Å². The van der Waals surface area contributed by atoms with Crippen LogP contribution in [0.4, 0.5) is 5.69 Å². The highest BCUT2D eigenvalue weighted by Crippen LogP contribution is 2.35. The van der Waals surface area contributed by atoms with Crippen LogP contribution >= 0.6 is 0 Å². The van der Waals surface area contributed by atoms with Crippen molar-refractivity contribution in [1.29, 1.82) is 0 Å². The maximum atomic E-state index is 15.2. The maximum Gasteiger partial charge on any atom is 0.329 e. The van der Waals surface area contributed by atoms with E-state index in [0.717, 1.165) is 9.80 Å². The molecule has 90 heavy (non-hydrogen) atoms. The smallest absolute Gasteiger partial charge is 0.329 e. The van der Waals surface area contributed by atoms with Crippen LogP contribution in [0.2, 0.25) is 0 Å². The van der Waals surface area contributed by atoms with Crippen LogP contribution < -0.4 is 32.4 Å². The van der Waals surface area contributed by atoms with E-state index in [9.17, 15) is 52.7 Å². The molecular weight excluding hydrogens is 1170 g/mol. The van der Waals surface area contributed by atoms with Crippen molar-refractivity contribution in [2.45, 2.75) is 169 Å². The average Bonchev–Trinajstić information content (AvgIpc) is 0.893. The summed E-state index contributed by atoms with van der Waals surface area (Å²) in [5.74, 6) is -12.4. The number of esters is 2. The molecule has 1 unspecified atom stereocenters. The first-order valence-corrected chi connectivity index (χ1v) is 30.5. The van der Waals surface area contributed by atoms with E-state index in [2.05, 4.69) is 21.3 Å². The molecule has 6 aliphatic rings. The van der Waals surface area contributed by atoms with E-state index in [-0.39, 0.29) is 53.9 Å². The predicted octanol–water partition coefficient (Wildman–Crippen LogP) is 0.726. The molecule has 0 radical (unpaired) electrons. The summed E-state index contributed by atoms with van der Waals surface area (Å²) in [5.41, 5.74) is 3.57. The van der Waals surface area contributed by atoms with Crippen LogP contribution in [-0.4, -0.2) is 220 Å². The topological polar surface area (TPSA) is 360 Å². The van der Waals surface area contributed by atoms with Crippen LogP contribution in [0.5, 0.6) is 0 Å². The van der Waals surface area contributed by atoms with Crippen LogP contribution in [0.3, 0.4) is 0 Å². The van der Waals surface area contributed by atoms with Gasteiger partial charge >= 0.3 is 11.9 Å². The summed E-state index contributed by atoms with van der Waals surface area (Å²) in [7, 11) is 5.59. The number of nitrogens with one attached hydrogen (secondary N) is 4. The summed E-state index contributed by atoms with van der Waals surface area (Å²) in [6, 6.07) is -7.90. The zero-order valence-electron chi connectivity index (χ0n) is 54.1. The first-order chi connectivity index (χ1) is 42.1. The highest BCUT2D eigenvalue weighted by atomic mass is 16.6. The summed E-state index contributed by atoms with van der Waals surface area (Å²) >= 11 is 0. The molecule has 1 aliphatic carbocycles. The highest BCUT2D eigenvalue weighted by Gasteiger charge is 2.46. The minimum atomic E-state index is -1.88. The fourth-order valence-electron chi connectivity index (χ4n) is 12.3. The third-order valence-corrected chi connectivity index (χ3v) is 17.5. The van der Waals surface area contributed by atoms with Gasteiger partial charge in [-0.05, 0) is 88.7 Å². The number of rotatable bonds is 8. The Labute approximate surface area is 522 Å². The Bertz CT molecular complexity index is 3420. The summed E-state index contributed by atoms with van der Waals surface area (Å²) in [6.07, 6.45) is -1.65. The Morgan fingerprint density at radius 2 is 1.03 bits per heavy atom. The minimum absolute atomic E-state index is 0.0763. The van der Waals surface area contributed by atoms with Gasteiger partial charge in [-0.25, -0.2) is 14.6 Å². The van der Waals surface area contributed by atoms with Crippen molar-refractivity contribution in [3.8, 4) is 11.5 Å². The van der Waals surface area contributed by atoms with Gasteiger partial charge in [-0.1, -0.05) is 61.5 Å². The quantitative estimate of drug-likeness (QED) is 0.118. The number of fused-ring (bicyclic) bond motifs is 4. The number of carbonyl (C=O) groups excluding carboxylic acids is 12. The fraction of sp³-hybridized carbons (Fsp3) is 0.613. The van der Waals surface area contributed by atoms with Crippen LogP contribution in [0, 0.1) is 37.5 Å². The summed E-state index contributed by atoms with van der Waals surface area (Å²) in [4.78, 5) is 199. The van der Waals surface area contributed by atoms with E-state index in [1.807, 2.05) is 0 Å². The van der Waals surface area contributed by atoms with Gasteiger partial charge < -0.3 is 70.3 Å². The van der Waals surface area contributed by atoms with E-state index in [1.54, 1.807) is 62.3 Å². The molecule has 7 rings (SSSR count). The third-order valence-electron chi connectivity index (χ3n) is 17.5. The van der Waals surface area contributed by atoms with Gasteiger partial charge in [0.1, 0.15) is 71.8 Å². The number of benzene rings is 2. The normalized spacial score (nSPS) is 26.2. The minimum Gasteiger partial charge on any atom is -0.458 e. The number of aromatic nitrogens is 1. The van der Waals surface area contributed by atoms with Gasteiger partial charge in [-0.3, -0.25) is 52.7 Å². The van der Waals surface area contributed by atoms with E-state index in [1.165, 1.54) is 80.7 Å². The van der Waals surface area contributed by atoms with Crippen molar-refractivity contribution in [3.05, 3.63) is 44.6 Å². The summed E-state index contributed by atoms with van der Waals surface area (Å²) in [5, 5.41) is 10.7. The monoisotopic (exact) mass is 1250 g/mol. The molecule has 5 heterocycles. The third kappa shape index (κ3) is 13.7. The number of carbonyl (C=O) groups is 12. The Kier molecular flexibility index (Phi) is 21.1. The lowest BCUT2D eigenvalue weighted by Gasteiger charge is -2.36. The van der Waals surface area contributed by atoms with Crippen molar-refractivity contribution in [3.63, 3.8) is 0 Å². The number of hydrogen-bond acceptors (Lipinski definition) is 18. The molecule has 28 heteroatoms. The molecule has 10 atom stereocenters. The molecule has 1 aromatic carbocycles. The first kappa shape index (κ1) is 68.8. The molecule has 4 saturated heterocycles. The summed E-state index contributed by atoms with van der Waals surface area (Å²) in [6.45, 7) is 18.4. The van der Waals surface area contributed by atoms with Gasteiger partial charge in [0, 0.05) is 46.8 Å². The van der Waals surface area contributed by atoms with Crippen molar-refractivity contribution >= 4 is 87.8 Å². The Balaban J connectivity index is 1.32. The predicted molar refractivity (Wildman–Crippen MR) is 325 cm³/mol. The number of anilines is 1. The lowest BCUT2D eigenvalue weighted by Crippen LogP contribution is -2.61. The molecule has 5 aliphatic heterocycles. The van der Waals surface area contributed by atoms with Gasteiger partial charge in [-0.15, -0.1) is 0 Å². The van der Waals surface area contributed by atoms with Gasteiger partial charge in [0.15, 0.2) is 11.3 Å². The molecule has 0 aromatic heterocycles. The van der Waals surface area contributed by atoms with Gasteiger partial charge in [-0.2, -0.15) is 0 Å². The number of nitrogen functional groups attached to an aromatic ring is 1. The van der Waals surface area contributed by atoms with Gasteiger partial charge in [0.25, 0.3) is 11.8 Å². The molecule has 0 spiro atoms. The number of hydrogen-bond donors (Lipinski definition) is 5. The molecule has 0 bridgehead atoms. The van der Waals surface area contributed by atoms with Gasteiger partial charge in [0.05, 0.1) is 29.9 Å². The van der Waals surface area contributed by atoms with E-state index >= 15 is 9.59 Å². The van der Waals surface area contributed by atoms with Crippen LogP contribution in [0.25, 0.3) is 22.6 Å². The summed E-state index contributed by atoms with van der Waals surface area (Å²) < 4.78 is 18.3. The van der Waals surface area contributed by atoms with E-state index in [4.69, 9.17) is 24.6 Å². The Hall–Kier alpha value is -8.72. The van der Waals surface area contributed by atoms with Crippen LogP contribution in [0.1, 0.15) is 127 Å². The highest BCUT2D eigenvalue weighted by molar-refractivity contribution is 6.10. The lowest BCUT2D eigenvalue weighted by molar-refractivity contribution is -0.163. The SMILES string of the molecule is Cc1c2oc3c(C)ccc(C(=O)N[C@@H]4C(=O)N[C@H](C(C)C)C(=O)N5CCCC5C(=O)N(C)CC(=O)N(C)[C@@H](C(C)C)C(=O)O[C@@H]4C)c3nc-2c(C(=O)N[C@@H]2C(=O)N[C@H](C(C)C)C(=O)N3CCC[C@H]3C(=O)N(C)CC(=O)N(C)[C@@H](C(C)C)C(=O)O[C@@H]2C)c(N)c1=O. The average molecular weight is 1260 g/mol. The van der Waals surface area contributed by atoms with E-state index < -0.39 is 191 Å². The van der Waals surface area contributed by atoms with Gasteiger partial charge in [0.2, 0.25) is 52.7 Å². The molecule has 4 fully saturated rings. The van der Waals surface area contributed by atoms with E-state index in [0.29, 0.717) is 18.4 Å². The number of ether oxygens (including phenoxy) is 2. The Morgan fingerprint density at radius 3 is 1.44 bits per heavy atom. The largest absolute Gasteiger partial charge is 0.458 e. The molecular formula is C62H86N12O16. The Morgan fingerprint density at radius 1 is 0.611 bits per heavy atom. The second-order valence-corrected chi connectivity index (χ2v) is 25.5. The number of aryl methyl sites for hydroxylation is 1. The second kappa shape index (κ2) is 27.6. The number of nitrogens with two attached hydrogens (primary N) is 1. The van der Waals surface area contributed by atoms with Crippen molar-refractivity contribution in [2.24, 2.45) is 23.7 Å². The molecule has 10 amide bonds. The molecule has 28 nitrogen and oxygen atoms in total. The first-order valence-electron chi connectivity index (χ1n) is 30.5. The standard InChI is InChI=1S/C62H86N12O16/c1-27(2)42-59(84)73-23-17-19-36(73)57(82)69(13)25-38(75)71(15)48(29(5)6)61(86)88-33(11)44(55(80)65-42)67-53(78)35-22-21-31(9)51-46(35)64-47-40(41(63)50(77)32(10)52(47)90-51)54(79)68-45-34(12)89-62(87)49(30(7)8)72(16)39(76)26-70(14)58(83)37-20-18-24-74(37)60(85)43(28(3)4)66-56(45)81/h21-22,27-30,33-34,36-37,42-45,48-49H,17-20,23-26,63H2,1-16H3,(H,65,80)(H,66,81)(H,67,78)(H,68,79)/t33-,34-,36?,37+,42-,43-,44+,45+,48+,49+/m1/s1. The number of amides is 10. The van der Waals surface area contributed by atoms with Crippen LogP contribution in [0.15, 0.2) is 21.3 Å². The molecule has 0 saturated carbocycles. The zero-order chi connectivity index (χ0) is 67.0. The molecule has 1 aromatic rings.